The summed E-state index contributed by atoms with van der Waals surface area (Å²) >= 11 is 1.57. The van der Waals surface area contributed by atoms with E-state index in [2.05, 4.69) is 19.2 Å². The first-order valence-electron chi connectivity index (χ1n) is 6.53. The van der Waals surface area contributed by atoms with Crippen molar-refractivity contribution in [1.82, 2.24) is 5.32 Å². The molecule has 0 radical (unpaired) electrons. The minimum Gasteiger partial charge on any atom is -0.480 e. The number of hydrogen-bond acceptors (Lipinski definition) is 4. The van der Waals surface area contributed by atoms with Gasteiger partial charge in [-0.25, -0.2) is 9.59 Å². The molecule has 0 aromatic carbocycles. The highest BCUT2D eigenvalue weighted by Gasteiger charge is 2.24. The number of aliphatic carboxylic acids is 1. The topological polar surface area (TPSA) is 75.6 Å². The lowest BCUT2D eigenvalue weighted by atomic mass is 10.2. The van der Waals surface area contributed by atoms with E-state index in [1.807, 2.05) is 0 Å². The minimum atomic E-state index is -1.04. The summed E-state index contributed by atoms with van der Waals surface area (Å²) in [4.78, 5) is 22.7. The van der Waals surface area contributed by atoms with Gasteiger partial charge >= 0.3 is 12.1 Å². The number of carboxylic acid groups (broad SMARTS) is 1. The zero-order valence-corrected chi connectivity index (χ0v) is 13.2. The summed E-state index contributed by atoms with van der Waals surface area (Å²) in [7, 11) is 0. The lowest BCUT2D eigenvalue weighted by Gasteiger charge is -2.22. The highest BCUT2D eigenvalue weighted by molar-refractivity contribution is 7.99. The third kappa shape index (κ3) is 8.75. The van der Waals surface area contributed by atoms with Gasteiger partial charge in [0.05, 0.1) is 0 Å². The molecule has 0 fully saturated rings. The molecule has 112 valence electrons. The van der Waals surface area contributed by atoms with E-state index < -0.39 is 23.7 Å². The van der Waals surface area contributed by atoms with Crippen LogP contribution in [0.3, 0.4) is 0 Å². The molecular formula is C13H25NO4S. The Morgan fingerprint density at radius 1 is 1.26 bits per heavy atom. The van der Waals surface area contributed by atoms with Crippen molar-refractivity contribution in [2.75, 3.05) is 5.75 Å². The molecule has 0 rings (SSSR count). The maximum Gasteiger partial charge on any atom is 0.408 e. The molecule has 0 aromatic heterocycles. The van der Waals surface area contributed by atoms with E-state index in [0.29, 0.717) is 11.0 Å². The van der Waals surface area contributed by atoms with Gasteiger partial charge in [-0.15, -0.1) is 0 Å². The van der Waals surface area contributed by atoms with E-state index in [1.165, 1.54) is 0 Å². The molecule has 1 atom stereocenters. The fourth-order valence-corrected chi connectivity index (χ4v) is 2.54. The number of carboxylic acids is 1. The van der Waals surface area contributed by atoms with Gasteiger partial charge in [-0.05, 0) is 33.6 Å². The molecule has 0 aliphatic rings. The van der Waals surface area contributed by atoms with Crippen LogP contribution in [0, 0.1) is 0 Å². The predicted molar refractivity (Wildman–Crippen MR) is 77.6 cm³/mol. The average Bonchev–Trinajstić information content (AvgIpc) is 2.25. The van der Waals surface area contributed by atoms with Crippen molar-refractivity contribution in [3.8, 4) is 0 Å². The van der Waals surface area contributed by atoms with Crippen molar-refractivity contribution >= 4 is 23.8 Å². The van der Waals surface area contributed by atoms with Crippen LogP contribution in [0.2, 0.25) is 0 Å². The van der Waals surface area contributed by atoms with Crippen LogP contribution in [0.5, 0.6) is 0 Å². The second kappa shape index (κ2) is 8.30. The highest BCUT2D eigenvalue weighted by Crippen LogP contribution is 2.19. The van der Waals surface area contributed by atoms with Gasteiger partial charge in [-0.3, -0.25) is 0 Å². The number of rotatable bonds is 7. The second-order valence-corrected chi connectivity index (χ2v) is 6.64. The van der Waals surface area contributed by atoms with Crippen molar-refractivity contribution in [1.29, 1.82) is 0 Å². The largest absolute Gasteiger partial charge is 0.480 e. The normalized spacial score (nSPS) is 13.2. The minimum absolute atomic E-state index is 0.348. The number of alkyl carbamates (subject to hydrolysis) is 1. The van der Waals surface area contributed by atoms with E-state index in [4.69, 9.17) is 9.84 Å². The molecule has 0 heterocycles. The first kappa shape index (κ1) is 18.1. The molecule has 0 saturated heterocycles. The lowest BCUT2D eigenvalue weighted by Crippen LogP contribution is -2.45. The Morgan fingerprint density at radius 2 is 1.79 bits per heavy atom. The molecule has 0 bridgehead atoms. The van der Waals surface area contributed by atoms with Gasteiger partial charge in [0.2, 0.25) is 0 Å². The zero-order valence-electron chi connectivity index (χ0n) is 12.4. The van der Waals surface area contributed by atoms with Crippen molar-refractivity contribution in [3.63, 3.8) is 0 Å². The number of thioether (sulfide) groups is 1. The van der Waals surface area contributed by atoms with E-state index in [1.54, 1.807) is 32.5 Å². The van der Waals surface area contributed by atoms with Gasteiger partial charge in [0, 0.05) is 11.0 Å². The number of carbonyl (C=O) groups is 2. The molecule has 0 aromatic rings. The molecule has 2 N–H and O–H groups in total. The summed E-state index contributed by atoms with van der Waals surface area (Å²) in [5.41, 5.74) is -0.629. The molecule has 5 nitrogen and oxygen atoms in total. The highest BCUT2D eigenvalue weighted by atomic mass is 32.2. The third-order valence-electron chi connectivity index (χ3n) is 2.40. The van der Waals surface area contributed by atoms with Crippen molar-refractivity contribution < 1.29 is 19.4 Å². The van der Waals surface area contributed by atoms with E-state index in [9.17, 15) is 9.59 Å². The summed E-state index contributed by atoms with van der Waals surface area (Å²) in [6, 6.07) is -0.916. The number of amides is 1. The summed E-state index contributed by atoms with van der Waals surface area (Å²) < 4.78 is 5.06. The Labute approximate surface area is 119 Å². The van der Waals surface area contributed by atoms with Gasteiger partial charge in [-0.2, -0.15) is 11.8 Å². The van der Waals surface area contributed by atoms with Crippen LogP contribution in [0.4, 0.5) is 4.79 Å². The number of carbonyl (C=O) groups excluding carboxylic acids is 1. The molecule has 0 aliphatic carbocycles. The maximum atomic E-state index is 11.6. The van der Waals surface area contributed by atoms with Crippen LogP contribution in [-0.4, -0.2) is 39.8 Å². The molecule has 1 unspecified atom stereocenters. The molecular weight excluding hydrogens is 266 g/mol. The van der Waals surface area contributed by atoms with Crippen molar-refractivity contribution in [2.24, 2.45) is 0 Å². The SMILES string of the molecule is CCC(CC)SCC(NC(=O)OC(C)(C)C)C(=O)O. The number of ether oxygens (including phenoxy) is 1. The van der Waals surface area contributed by atoms with Crippen LogP contribution in [0.25, 0.3) is 0 Å². The summed E-state index contributed by atoms with van der Waals surface area (Å²) in [5.74, 6) is -0.690. The Kier molecular flexibility index (Phi) is 7.90. The van der Waals surface area contributed by atoms with Crippen LogP contribution in [0.15, 0.2) is 0 Å². The summed E-state index contributed by atoms with van der Waals surface area (Å²) in [6.45, 7) is 9.35. The first-order valence-corrected chi connectivity index (χ1v) is 7.58. The molecule has 1 amide bonds. The molecule has 0 aliphatic heterocycles. The van der Waals surface area contributed by atoms with Crippen molar-refractivity contribution in [3.05, 3.63) is 0 Å². The van der Waals surface area contributed by atoms with Gasteiger partial charge in [0.25, 0.3) is 0 Å². The Balaban J connectivity index is 4.34. The van der Waals surface area contributed by atoms with Crippen molar-refractivity contribution in [2.45, 2.75) is 64.4 Å². The molecule has 19 heavy (non-hydrogen) atoms. The molecule has 6 heteroatoms. The summed E-state index contributed by atoms with van der Waals surface area (Å²) in [6.07, 6.45) is 1.28. The van der Waals surface area contributed by atoms with Gasteiger partial charge in [0.1, 0.15) is 11.6 Å². The Morgan fingerprint density at radius 3 is 2.16 bits per heavy atom. The van der Waals surface area contributed by atoms with Gasteiger partial charge < -0.3 is 15.2 Å². The second-order valence-electron chi connectivity index (χ2n) is 5.31. The number of hydrogen-bond donors (Lipinski definition) is 2. The number of nitrogens with one attached hydrogen (secondary N) is 1. The fourth-order valence-electron chi connectivity index (χ4n) is 1.38. The third-order valence-corrected chi connectivity index (χ3v) is 4.06. The van der Waals surface area contributed by atoms with Gasteiger partial charge in [0.15, 0.2) is 0 Å². The summed E-state index contributed by atoms with van der Waals surface area (Å²) in [5, 5.41) is 11.9. The predicted octanol–water partition coefficient (Wildman–Crippen LogP) is 2.89. The smallest absolute Gasteiger partial charge is 0.408 e. The first-order chi connectivity index (χ1) is 8.69. The van der Waals surface area contributed by atoms with E-state index >= 15 is 0 Å². The quantitative estimate of drug-likeness (QED) is 0.754. The van der Waals surface area contributed by atoms with Crippen LogP contribution in [-0.2, 0) is 9.53 Å². The van der Waals surface area contributed by atoms with E-state index in [-0.39, 0.29) is 0 Å². The van der Waals surface area contributed by atoms with Crippen LogP contribution >= 0.6 is 11.8 Å². The van der Waals surface area contributed by atoms with Crippen LogP contribution < -0.4 is 5.32 Å². The van der Waals surface area contributed by atoms with Crippen LogP contribution in [0.1, 0.15) is 47.5 Å². The standard InChI is InChI=1S/C13H25NO4S/c1-6-9(7-2)19-8-10(11(15)16)14-12(17)18-13(3,4)5/h9-10H,6-8H2,1-5H3,(H,14,17)(H,15,16). The molecule has 0 spiro atoms. The Hall–Kier alpha value is -0.910. The average molecular weight is 291 g/mol. The van der Waals surface area contributed by atoms with E-state index in [0.717, 1.165) is 12.8 Å². The zero-order chi connectivity index (χ0) is 15.1. The Bertz CT molecular complexity index is 298. The van der Waals surface area contributed by atoms with Gasteiger partial charge in [-0.1, -0.05) is 13.8 Å². The lowest BCUT2D eigenvalue weighted by molar-refractivity contribution is -0.138. The fraction of sp³-hybridized carbons (Fsp3) is 0.846. The maximum absolute atomic E-state index is 11.6. The monoisotopic (exact) mass is 291 g/mol. The molecule has 0 saturated carbocycles.